The molecule has 0 aromatic carbocycles. The van der Waals surface area contributed by atoms with Crippen molar-refractivity contribution >= 4 is 12.0 Å². The molecule has 2 heterocycles. The van der Waals surface area contributed by atoms with Crippen LogP contribution in [0.25, 0.3) is 0 Å². The molecular weight excluding hydrogens is 258 g/mol. The SMILES string of the molecule is CC1CN(C)CCCN1C(=O)N1CCC(C)(C(=O)O)C1. The number of carbonyl (C=O) groups excluding carboxylic acids is 1. The van der Waals surface area contributed by atoms with Gasteiger partial charge in [-0.2, -0.15) is 0 Å². The summed E-state index contributed by atoms with van der Waals surface area (Å²) in [6.07, 6.45) is 1.51. The van der Waals surface area contributed by atoms with E-state index in [0.717, 1.165) is 26.1 Å². The van der Waals surface area contributed by atoms with Crippen molar-refractivity contribution < 1.29 is 14.7 Å². The molecule has 20 heavy (non-hydrogen) atoms. The summed E-state index contributed by atoms with van der Waals surface area (Å²) < 4.78 is 0. The summed E-state index contributed by atoms with van der Waals surface area (Å²) in [5.41, 5.74) is -0.790. The third-order valence-corrected chi connectivity index (χ3v) is 4.55. The highest BCUT2D eigenvalue weighted by Crippen LogP contribution is 2.31. The zero-order valence-corrected chi connectivity index (χ0v) is 12.6. The Kier molecular flexibility index (Phi) is 4.22. The van der Waals surface area contributed by atoms with Crippen molar-refractivity contribution in [2.45, 2.75) is 32.7 Å². The molecule has 2 atom stereocenters. The quantitative estimate of drug-likeness (QED) is 0.777. The van der Waals surface area contributed by atoms with Gasteiger partial charge in [0.05, 0.1) is 5.41 Å². The average molecular weight is 283 g/mol. The normalized spacial score (nSPS) is 32.2. The van der Waals surface area contributed by atoms with Crippen LogP contribution >= 0.6 is 0 Å². The van der Waals surface area contributed by atoms with Crippen molar-refractivity contribution in [3.63, 3.8) is 0 Å². The van der Waals surface area contributed by atoms with Crippen LogP contribution in [-0.2, 0) is 4.79 Å². The number of carboxylic acids is 1. The summed E-state index contributed by atoms with van der Waals surface area (Å²) in [5.74, 6) is -0.809. The second kappa shape index (κ2) is 5.60. The predicted molar refractivity (Wildman–Crippen MR) is 75.6 cm³/mol. The van der Waals surface area contributed by atoms with E-state index >= 15 is 0 Å². The van der Waals surface area contributed by atoms with E-state index in [1.165, 1.54) is 0 Å². The van der Waals surface area contributed by atoms with E-state index in [-0.39, 0.29) is 12.1 Å². The lowest BCUT2D eigenvalue weighted by Gasteiger charge is -2.32. The highest BCUT2D eigenvalue weighted by molar-refractivity contribution is 5.79. The summed E-state index contributed by atoms with van der Waals surface area (Å²) in [6.45, 7) is 7.27. The van der Waals surface area contributed by atoms with Crippen LogP contribution in [0.5, 0.6) is 0 Å². The Morgan fingerprint density at radius 1 is 1.25 bits per heavy atom. The summed E-state index contributed by atoms with van der Waals surface area (Å²) in [7, 11) is 2.07. The van der Waals surface area contributed by atoms with Crippen molar-refractivity contribution in [3.8, 4) is 0 Å². The Bertz CT molecular complexity index is 401. The highest BCUT2D eigenvalue weighted by atomic mass is 16.4. The fraction of sp³-hybridized carbons (Fsp3) is 0.857. The van der Waals surface area contributed by atoms with Crippen molar-refractivity contribution in [2.75, 3.05) is 39.8 Å². The lowest BCUT2D eigenvalue weighted by molar-refractivity contribution is -0.147. The van der Waals surface area contributed by atoms with E-state index in [9.17, 15) is 14.7 Å². The molecule has 0 spiro atoms. The zero-order valence-electron chi connectivity index (χ0n) is 12.6. The molecule has 6 heteroatoms. The Balaban J connectivity index is 2.03. The van der Waals surface area contributed by atoms with Crippen LogP contribution in [0, 0.1) is 5.41 Å². The fourth-order valence-corrected chi connectivity index (χ4v) is 3.14. The molecule has 2 fully saturated rings. The van der Waals surface area contributed by atoms with Crippen molar-refractivity contribution in [2.24, 2.45) is 5.41 Å². The van der Waals surface area contributed by atoms with E-state index < -0.39 is 11.4 Å². The maximum Gasteiger partial charge on any atom is 0.320 e. The largest absolute Gasteiger partial charge is 0.481 e. The minimum atomic E-state index is -0.809. The number of urea groups is 1. The molecule has 2 unspecified atom stereocenters. The first-order valence-corrected chi connectivity index (χ1v) is 7.31. The Hall–Kier alpha value is -1.30. The van der Waals surface area contributed by atoms with Gasteiger partial charge in [-0.05, 0) is 40.3 Å². The monoisotopic (exact) mass is 283 g/mol. The van der Waals surface area contributed by atoms with Crippen LogP contribution in [0.2, 0.25) is 0 Å². The molecule has 2 rings (SSSR count). The molecule has 6 nitrogen and oxygen atoms in total. The number of carboxylic acid groups (broad SMARTS) is 1. The lowest BCUT2D eigenvalue weighted by atomic mass is 9.90. The standard InChI is InChI=1S/C14H25N3O3/c1-11-9-15(3)6-4-7-17(11)13(20)16-8-5-14(2,10-16)12(18)19/h11H,4-10H2,1-3H3,(H,18,19). The minimum absolute atomic E-state index is 0.00206. The van der Waals surface area contributed by atoms with Crippen molar-refractivity contribution in [3.05, 3.63) is 0 Å². The Morgan fingerprint density at radius 2 is 1.95 bits per heavy atom. The minimum Gasteiger partial charge on any atom is -0.481 e. The first kappa shape index (κ1) is 15.1. The van der Waals surface area contributed by atoms with Crippen LogP contribution < -0.4 is 0 Å². The summed E-state index contributed by atoms with van der Waals surface area (Å²) >= 11 is 0. The number of hydrogen-bond acceptors (Lipinski definition) is 3. The van der Waals surface area contributed by atoms with E-state index in [4.69, 9.17) is 0 Å². The number of carbonyl (C=O) groups is 2. The second-order valence-corrected chi connectivity index (χ2v) is 6.48. The summed E-state index contributed by atoms with van der Waals surface area (Å²) in [5, 5.41) is 9.26. The van der Waals surface area contributed by atoms with E-state index in [0.29, 0.717) is 19.5 Å². The van der Waals surface area contributed by atoms with Gasteiger partial charge in [-0.1, -0.05) is 0 Å². The first-order valence-electron chi connectivity index (χ1n) is 7.31. The molecule has 2 amide bonds. The molecule has 2 aliphatic rings. The Labute approximate surface area is 120 Å². The fourth-order valence-electron chi connectivity index (χ4n) is 3.14. The smallest absolute Gasteiger partial charge is 0.320 e. The summed E-state index contributed by atoms with van der Waals surface area (Å²) in [4.78, 5) is 29.7. The average Bonchev–Trinajstić information content (AvgIpc) is 2.69. The first-order chi connectivity index (χ1) is 9.33. The van der Waals surface area contributed by atoms with Crippen LogP contribution in [0.3, 0.4) is 0 Å². The number of likely N-dealkylation sites (tertiary alicyclic amines) is 1. The van der Waals surface area contributed by atoms with Crippen LogP contribution in [0.4, 0.5) is 4.79 Å². The zero-order chi connectivity index (χ0) is 14.9. The number of likely N-dealkylation sites (N-methyl/N-ethyl adjacent to an activating group) is 1. The predicted octanol–water partition coefficient (Wildman–Crippen LogP) is 0.929. The molecule has 0 bridgehead atoms. The highest BCUT2D eigenvalue weighted by Gasteiger charge is 2.43. The van der Waals surface area contributed by atoms with Gasteiger partial charge in [0.15, 0.2) is 0 Å². The maximum atomic E-state index is 12.6. The van der Waals surface area contributed by atoms with E-state index in [1.807, 2.05) is 4.90 Å². The van der Waals surface area contributed by atoms with Gasteiger partial charge in [0.1, 0.15) is 0 Å². The third kappa shape index (κ3) is 2.90. The number of rotatable bonds is 1. The lowest BCUT2D eigenvalue weighted by Crippen LogP contribution is -2.49. The number of aliphatic carboxylic acids is 1. The van der Waals surface area contributed by atoms with Crippen LogP contribution in [0.1, 0.15) is 26.7 Å². The number of nitrogens with zero attached hydrogens (tertiary/aromatic N) is 3. The molecule has 1 N–H and O–H groups in total. The van der Waals surface area contributed by atoms with Gasteiger partial charge in [0, 0.05) is 32.2 Å². The van der Waals surface area contributed by atoms with Gasteiger partial charge in [-0.3, -0.25) is 4.79 Å². The molecule has 114 valence electrons. The van der Waals surface area contributed by atoms with Gasteiger partial charge in [-0.15, -0.1) is 0 Å². The molecule has 2 saturated heterocycles. The topological polar surface area (TPSA) is 64.1 Å². The molecule has 2 aliphatic heterocycles. The van der Waals surface area contributed by atoms with Gasteiger partial charge in [-0.25, -0.2) is 4.79 Å². The van der Waals surface area contributed by atoms with E-state index in [2.05, 4.69) is 18.9 Å². The van der Waals surface area contributed by atoms with E-state index in [1.54, 1.807) is 11.8 Å². The van der Waals surface area contributed by atoms with Crippen molar-refractivity contribution in [1.82, 2.24) is 14.7 Å². The van der Waals surface area contributed by atoms with Crippen LogP contribution in [0.15, 0.2) is 0 Å². The molecular formula is C14H25N3O3. The molecule has 0 aromatic heterocycles. The molecule has 0 radical (unpaired) electrons. The van der Waals surface area contributed by atoms with Gasteiger partial charge in [0.2, 0.25) is 0 Å². The van der Waals surface area contributed by atoms with Crippen LogP contribution in [-0.4, -0.2) is 77.6 Å². The maximum absolute atomic E-state index is 12.6. The van der Waals surface area contributed by atoms with Gasteiger partial charge >= 0.3 is 12.0 Å². The molecule has 0 saturated carbocycles. The second-order valence-electron chi connectivity index (χ2n) is 6.48. The summed E-state index contributed by atoms with van der Waals surface area (Å²) in [6, 6.07) is 0.171. The molecule has 0 aromatic rings. The van der Waals surface area contributed by atoms with Crippen molar-refractivity contribution in [1.29, 1.82) is 0 Å². The van der Waals surface area contributed by atoms with Gasteiger partial charge < -0.3 is 19.8 Å². The Morgan fingerprint density at radius 3 is 2.55 bits per heavy atom. The molecule has 0 aliphatic carbocycles. The number of amides is 2. The third-order valence-electron chi connectivity index (χ3n) is 4.55. The van der Waals surface area contributed by atoms with Gasteiger partial charge in [0.25, 0.3) is 0 Å². The number of hydrogen-bond donors (Lipinski definition) is 1.